The molecule has 0 spiro atoms. The number of hydrogen-bond donors (Lipinski definition) is 5. The third-order valence-electron chi connectivity index (χ3n) is 5.82. The Kier molecular flexibility index (Phi) is 6.16. The van der Waals surface area contributed by atoms with Crippen molar-refractivity contribution in [1.29, 1.82) is 0 Å². The first-order valence-electron chi connectivity index (χ1n) is 9.97. The number of phenolic OH excluding ortho intramolecular Hbond substituents is 5. The monoisotopic (exact) mass is 420 g/mol. The summed E-state index contributed by atoms with van der Waals surface area (Å²) in [6, 6.07) is 15.5. The van der Waals surface area contributed by atoms with Crippen LogP contribution < -0.4 is 0 Å². The van der Waals surface area contributed by atoms with Crippen molar-refractivity contribution in [1.82, 2.24) is 0 Å². The first-order chi connectivity index (χ1) is 14.4. The summed E-state index contributed by atoms with van der Waals surface area (Å²) < 4.78 is 0. The second-order valence-corrected chi connectivity index (χ2v) is 7.81. The average molecular weight is 421 g/mol. The van der Waals surface area contributed by atoms with Gasteiger partial charge in [0, 0.05) is 16.2 Å². The van der Waals surface area contributed by atoms with E-state index in [9.17, 15) is 25.5 Å². The van der Waals surface area contributed by atoms with Crippen LogP contribution in [0.5, 0.6) is 28.7 Å². The van der Waals surface area contributed by atoms with Crippen LogP contribution >= 0.6 is 0 Å². The zero-order valence-electron chi connectivity index (χ0n) is 16.6. The van der Waals surface area contributed by atoms with Crippen molar-refractivity contribution < 1.29 is 25.5 Å². The van der Waals surface area contributed by atoms with Gasteiger partial charge in [0.2, 0.25) is 0 Å². The fourth-order valence-corrected chi connectivity index (χ4v) is 4.15. The summed E-state index contributed by atoms with van der Waals surface area (Å²) in [5, 5.41) is 50.5. The fourth-order valence-electron chi connectivity index (χ4n) is 4.15. The predicted molar refractivity (Wildman–Crippen MR) is 124 cm³/mol. The second kappa shape index (κ2) is 8.64. The van der Waals surface area contributed by atoms with Crippen molar-refractivity contribution in [3.05, 3.63) is 65.7 Å². The van der Waals surface area contributed by atoms with Gasteiger partial charge in [-0.05, 0) is 72.0 Å². The van der Waals surface area contributed by atoms with Gasteiger partial charge in [0.1, 0.15) is 5.75 Å². The van der Waals surface area contributed by atoms with Gasteiger partial charge < -0.3 is 25.5 Å². The summed E-state index contributed by atoms with van der Waals surface area (Å²) in [6.45, 7) is 2.16. The number of rotatable bonds is 0. The lowest BCUT2D eigenvalue weighted by Gasteiger charge is -2.22. The summed E-state index contributed by atoms with van der Waals surface area (Å²) >= 11 is 0. The molecule has 31 heavy (non-hydrogen) atoms. The van der Waals surface area contributed by atoms with E-state index in [1.54, 1.807) is 24.3 Å². The molecule has 1 aliphatic carbocycles. The van der Waals surface area contributed by atoms with E-state index < -0.39 is 0 Å². The maximum Gasteiger partial charge on any atom is 0.165 e. The van der Waals surface area contributed by atoms with Crippen molar-refractivity contribution >= 4 is 21.5 Å². The lowest BCUT2D eigenvalue weighted by atomic mass is 9.84. The van der Waals surface area contributed by atoms with E-state index in [2.05, 4.69) is 6.92 Å². The standard InChI is InChI=1S/C14H10O3.C11H14O2.CH4/c15-12-6-5-10-11(14(12)17)7-8-3-1-2-4-9(8)13(10)16;1-7-3-2-4-8-5-10(12)11(13)6-9(7)8;/h1-7,15-17H;5-7,12-13H,2-4H2,1H3;1H4. The zero-order chi connectivity index (χ0) is 21.4. The average Bonchev–Trinajstić information content (AvgIpc) is 2.73. The molecule has 162 valence electrons. The van der Waals surface area contributed by atoms with Gasteiger partial charge in [0.05, 0.1) is 0 Å². The Balaban J connectivity index is 0.000000176. The van der Waals surface area contributed by atoms with Gasteiger partial charge in [-0.15, -0.1) is 0 Å². The number of phenols is 5. The van der Waals surface area contributed by atoms with Crippen LogP contribution in [0.4, 0.5) is 0 Å². The normalized spacial score (nSPS) is 14.9. The van der Waals surface area contributed by atoms with Gasteiger partial charge in [-0.25, -0.2) is 0 Å². The van der Waals surface area contributed by atoms with Crippen LogP contribution in [0.15, 0.2) is 54.6 Å². The SMILES string of the molecule is C.CC1CCCc2cc(O)c(O)cc21.Oc1ccc2c(O)c3ccccc3cc2c1O. The summed E-state index contributed by atoms with van der Waals surface area (Å²) in [5.74, 6) is 0.250. The highest BCUT2D eigenvalue weighted by Crippen LogP contribution is 2.41. The van der Waals surface area contributed by atoms with Crippen molar-refractivity contribution in [2.45, 2.75) is 39.5 Å². The molecule has 1 unspecified atom stereocenters. The molecule has 0 bridgehead atoms. The smallest absolute Gasteiger partial charge is 0.165 e. The van der Waals surface area contributed by atoms with Crippen molar-refractivity contribution in [2.24, 2.45) is 0 Å². The summed E-state index contributed by atoms with van der Waals surface area (Å²) in [4.78, 5) is 0. The van der Waals surface area contributed by atoms with Crippen LogP contribution in [-0.2, 0) is 6.42 Å². The number of hydrogen-bond acceptors (Lipinski definition) is 5. The molecule has 0 radical (unpaired) electrons. The minimum Gasteiger partial charge on any atom is -0.507 e. The van der Waals surface area contributed by atoms with Gasteiger partial charge in [-0.2, -0.15) is 0 Å². The quantitative estimate of drug-likeness (QED) is 0.170. The molecule has 5 nitrogen and oxygen atoms in total. The minimum absolute atomic E-state index is 0. The molecule has 1 atom stereocenters. The van der Waals surface area contributed by atoms with Gasteiger partial charge in [-0.1, -0.05) is 38.6 Å². The Morgan fingerprint density at radius 1 is 0.710 bits per heavy atom. The largest absolute Gasteiger partial charge is 0.507 e. The Morgan fingerprint density at radius 3 is 2.19 bits per heavy atom. The first-order valence-corrected chi connectivity index (χ1v) is 9.97. The summed E-state index contributed by atoms with van der Waals surface area (Å²) in [6.07, 6.45) is 3.38. The van der Waals surface area contributed by atoms with Crippen LogP contribution in [-0.4, -0.2) is 25.5 Å². The zero-order valence-corrected chi connectivity index (χ0v) is 16.6. The third kappa shape index (κ3) is 4.04. The van der Waals surface area contributed by atoms with Gasteiger partial charge in [0.15, 0.2) is 23.0 Å². The fraction of sp³-hybridized carbons (Fsp3) is 0.231. The van der Waals surface area contributed by atoms with Crippen LogP contribution in [0.1, 0.15) is 44.2 Å². The summed E-state index contributed by atoms with van der Waals surface area (Å²) in [7, 11) is 0. The maximum atomic E-state index is 10.1. The molecule has 4 aromatic rings. The molecule has 0 saturated carbocycles. The maximum absolute atomic E-state index is 10.1. The minimum atomic E-state index is -0.205. The molecule has 4 aromatic carbocycles. The Morgan fingerprint density at radius 2 is 1.42 bits per heavy atom. The van der Waals surface area contributed by atoms with E-state index in [0.29, 0.717) is 16.7 Å². The lowest BCUT2D eigenvalue weighted by Crippen LogP contribution is -2.06. The van der Waals surface area contributed by atoms with E-state index in [4.69, 9.17) is 0 Å². The first kappa shape index (κ1) is 22.1. The Bertz CT molecular complexity index is 1250. The number of aromatic hydroxyl groups is 5. The highest BCUT2D eigenvalue weighted by molar-refractivity contribution is 6.07. The van der Waals surface area contributed by atoms with E-state index in [-0.39, 0.29) is 36.2 Å². The van der Waals surface area contributed by atoms with Crippen LogP contribution in [0.2, 0.25) is 0 Å². The van der Waals surface area contributed by atoms with Crippen molar-refractivity contribution in [2.75, 3.05) is 0 Å². The van der Waals surface area contributed by atoms with Gasteiger partial charge in [0.25, 0.3) is 0 Å². The predicted octanol–water partition coefficient (Wildman–Crippen LogP) is 6.28. The van der Waals surface area contributed by atoms with Crippen molar-refractivity contribution in [3.63, 3.8) is 0 Å². The van der Waals surface area contributed by atoms with Crippen LogP contribution in [0, 0.1) is 0 Å². The summed E-state index contributed by atoms with van der Waals surface area (Å²) in [5.41, 5.74) is 2.38. The third-order valence-corrected chi connectivity index (χ3v) is 5.82. The van der Waals surface area contributed by atoms with Gasteiger partial charge >= 0.3 is 0 Å². The van der Waals surface area contributed by atoms with Gasteiger partial charge in [-0.3, -0.25) is 0 Å². The molecular weight excluding hydrogens is 392 g/mol. The second-order valence-electron chi connectivity index (χ2n) is 7.81. The molecule has 5 N–H and O–H groups in total. The molecule has 0 aromatic heterocycles. The van der Waals surface area contributed by atoms with E-state index in [1.807, 2.05) is 24.3 Å². The van der Waals surface area contributed by atoms with E-state index in [1.165, 1.54) is 30.0 Å². The number of aryl methyl sites for hydroxylation is 1. The highest BCUT2D eigenvalue weighted by Gasteiger charge is 2.18. The molecule has 0 fully saturated rings. The lowest BCUT2D eigenvalue weighted by molar-refractivity contribution is 0.400. The Labute approximate surface area is 181 Å². The van der Waals surface area contributed by atoms with Crippen LogP contribution in [0.3, 0.4) is 0 Å². The molecule has 0 aliphatic heterocycles. The topological polar surface area (TPSA) is 101 Å². The van der Waals surface area contributed by atoms with Crippen LogP contribution in [0.25, 0.3) is 21.5 Å². The molecular formula is C26H28O5. The molecule has 0 amide bonds. The van der Waals surface area contributed by atoms with Crippen molar-refractivity contribution in [3.8, 4) is 28.7 Å². The number of benzene rings is 4. The van der Waals surface area contributed by atoms with E-state index >= 15 is 0 Å². The number of fused-ring (bicyclic) bond motifs is 3. The molecule has 5 rings (SSSR count). The highest BCUT2D eigenvalue weighted by atomic mass is 16.3. The molecule has 0 saturated heterocycles. The molecule has 0 heterocycles. The van der Waals surface area contributed by atoms with E-state index in [0.717, 1.165) is 17.2 Å². The molecule has 5 heteroatoms. The molecule has 1 aliphatic rings. The Hall–Kier alpha value is -3.60.